The standard InChI is InChI=1S/C20H16BrN5O3S/c1-29-16-4-2-3-15(11-16)25-9-10-26-18(19(25)28)23-24-20(26)30-12-17(27)22-14-7-5-13(21)6-8-14/h2-11H,12H2,1H3,(H,22,27). The zero-order valence-corrected chi connectivity index (χ0v) is 18.2. The molecule has 0 aliphatic rings. The summed E-state index contributed by atoms with van der Waals surface area (Å²) in [4.78, 5) is 25.1. The van der Waals surface area contributed by atoms with Gasteiger partial charge in [0.25, 0.3) is 0 Å². The van der Waals surface area contributed by atoms with Gasteiger partial charge < -0.3 is 10.1 Å². The Kier molecular flexibility index (Phi) is 5.86. The fraction of sp³-hybridized carbons (Fsp3) is 0.100. The number of fused-ring (bicyclic) bond motifs is 1. The molecule has 8 nitrogen and oxygen atoms in total. The number of amides is 1. The van der Waals surface area contributed by atoms with Crippen LogP contribution in [0.1, 0.15) is 0 Å². The van der Waals surface area contributed by atoms with Crippen molar-refractivity contribution in [1.82, 2.24) is 19.2 Å². The van der Waals surface area contributed by atoms with E-state index in [0.29, 0.717) is 22.3 Å². The molecule has 0 spiro atoms. The van der Waals surface area contributed by atoms with E-state index < -0.39 is 0 Å². The minimum atomic E-state index is -0.315. The van der Waals surface area contributed by atoms with Crippen molar-refractivity contribution < 1.29 is 9.53 Å². The van der Waals surface area contributed by atoms with E-state index in [4.69, 9.17) is 4.74 Å². The van der Waals surface area contributed by atoms with Crippen LogP contribution in [0.3, 0.4) is 0 Å². The second-order valence-corrected chi connectivity index (χ2v) is 8.05. The number of carbonyl (C=O) groups excluding carboxylic acids is 1. The first-order chi connectivity index (χ1) is 14.5. The summed E-state index contributed by atoms with van der Waals surface area (Å²) in [5, 5.41) is 11.4. The number of halogens is 1. The normalized spacial score (nSPS) is 10.9. The maximum atomic E-state index is 12.9. The van der Waals surface area contributed by atoms with Crippen molar-refractivity contribution in [3.05, 3.63) is 75.8 Å². The van der Waals surface area contributed by atoms with Crippen molar-refractivity contribution in [1.29, 1.82) is 0 Å². The molecule has 0 unspecified atom stereocenters. The molecule has 4 rings (SSSR count). The van der Waals surface area contributed by atoms with Gasteiger partial charge in [-0.05, 0) is 36.4 Å². The number of carbonyl (C=O) groups is 1. The predicted molar refractivity (Wildman–Crippen MR) is 119 cm³/mol. The molecule has 0 radical (unpaired) electrons. The van der Waals surface area contributed by atoms with Gasteiger partial charge >= 0.3 is 5.56 Å². The number of aromatic nitrogens is 4. The lowest BCUT2D eigenvalue weighted by molar-refractivity contribution is -0.113. The fourth-order valence-electron chi connectivity index (χ4n) is 2.79. The highest BCUT2D eigenvalue weighted by atomic mass is 79.9. The monoisotopic (exact) mass is 485 g/mol. The third-order valence-electron chi connectivity index (χ3n) is 4.23. The van der Waals surface area contributed by atoms with Crippen LogP contribution >= 0.6 is 27.7 Å². The first kappa shape index (κ1) is 20.2. The van der Waals surface area contributed by atoms with Gasteiger partial charge in [0.1, 0.15) is 5.75 Å². The number of hydrogen-bond donors (Lipinski definition) is 1. The Morgan fingerprint density at radius 2 is 1.97 bits per heavy atom. The predicted octanol–water partition coefficient (Wildman–Crippen LogP) is 3.38. The van der Waals surface area contributed by atoms with E-state index in [0.717, 1.165) is 4.47 Å². The molecule has 1 N–H and O–H groups in total. The second-order valence-electron chi connectivity index (χ2n) is 6.19. The fourth-order valence-corrected chi connectivity index (χ4v) is 3.77. The average molecular weight is 486 g/mol. The maximum absolute atomic E-state index is 12.9. The minimum Gasteiger partial charge on any atom is -0.497 e. The van der Waals surface area contributed by atoms with Crippen LogP contribution in [0.4, 0.5) is 5.69 Å². The summed E-state index contributed by atoms with van der Waals surface area (Å²) in [5.74, 6) is 0.605. The Labute approximate surface area is 184 Å². The summed E-state index contributed by atoms with van der Waals surface area (Å²) in [7, 11) is 1.57. The zero-order chi connectivity index (χ0) is 21.1. The van der Waals surface area contributed by atoms with Crippen molar-refractivity contribution in [3.63, 3.8) is 0 Å². The Morgan fingerprint density at radius 3 is 2.73 bits per heavy atom. The molecule has 0 atom stereocenters. The number of ether oxygens (including phenoxy) is 1. The minimum absolute atomic E-state index is 0.135. The molecule has 4 aromatic rings. The molecule has 2 aromatic heterocycles. The van der Waals surface area contributed by atoms with Crippen LogP contribution in [0.25, 0.3) is 11.3 Å². The van der Waals surface area contributed by atoms with Crippen molar-refractivity contribution in [2.75, 3.05) is 18.2 Å². The van der Waals surface area contributed by atoms with E-state index in [9.17, 15) is 9.59 Å². The molecule has 0 bridgehead atoms. The van der Waals surface area contributed by atoms with Crippen LogP contribution in [0.2, 0.25) is 0 Å². The van der Waals surface area contributed by atoms with E-state index in [2.05, 4.69) is 31.4 Å². The SMILES string of the molecule is COc1cccc(-n2ccn3c(SCC(=O)Nc4ccc(Br)cc4)nnc3c2=O)c1. The first-order valence-corrected chi connectivity index (χ1v) is 10.6. The van der Waals surface area contributed by atoms with Gasteiger partial charge in [-0.25, -0.2) is 0 Å². The zero-order valence-electron chi connectivity index (χ0n) is 15.8. The summed E-state index contributed by atoms with van der Waals surface area (Å²) >= 11 is 4.56. The molecule has 0 saturated carbocycles. The van der Waals surface area contributed by atoms with Gasteiger partial charge in [0.15, 0.2) is 5.16 Å². The lowest BCUT2D eigenvalue weighted by Crippen LogP contribution is -2.20. The second kappa shape index (κ2) is 8.72. The summed E-state index contributed by atoms with van der Waals surface area (Å²) in [5.41, 5.74) is 1.23. The van der Waals surface area contributed by atoms with Gasteiger partial charge in [-0.2, -0.15) is 0 Å². The van der Waals surface area contributed by atoms with Crippen LogP contribution in [0.15, 0.2) is 75.3 Å². The van der Waals surface area contributed by atoms with Gasteiger partial charge in [0.05, 0.1) is 18.6 Å². The number of thioether (sulfide) groups is 1. The van der Waals surface area contributed by atoms with Crippen LogP contribution in [0.5, 0.6) is 5.75 Å². The number of nitrogens with one attached hydrogen (secondary N) is 1. The number of hydrogen-bond acceptors (Lipinski definition) is 6. The van der Waals surface area contributed by atoms with Crippen LogP contribution in [-0.2, 0) is 4.79 Å². The van der Waals surface area contributed by atoms with Gasteiger partial charge in [0, 0.05) is 28.6 Å². The third kappa shape index (κ3) is 4.24. The molecule has 0 aliphatic heterocycles. The molecule has 0 saturated heterocycles. The Balaban J connectivity index is 1.52. The molecular weight excluding hydrogens is 470 g/mol. The molecular formula is C20H16BrN5O3S. The van der Waals surface area contributed by atoms with Crippen molar-refractivity contribution in [3.8, 4) is 11.4 Å². The van der Waals surface area contributed by atoms with Gasteiger partial charge in [0.2, 0.25) is 11.6 Å². The third-order valence-corrected chi connectivity index (χ3v) is 5.70. The largest absolute Gasteiger partial charge is 0.497 e. The van der Waals surface area contributed by atoms with E-state index in [1.165, 1.54) is 16.3 Å². The van der Waals surface area contributed by atoms with Crippen LogP contribution < -0.4 is 15.6 Å². The van der Waals surface area contributed by atoms with Crippen molar-refractivity contribution in [2.45, 2.75) is 5.16 Å². The highest BCUT2D eigenvalue weighted by Gasteiger charge is 2.14. The molecule has 2 aromatic carbocycles. The molecule has 0 fully saturated rings. The number of nitrogens with zero attached hydrogens (tertiary/aromatic N) is 4. The van der Waals surface area contributed by atoms with E-state index >= 15 is 0 Å². The van der Waals surface area contributed by atoms with E-state index in [1.54, 1.807) is 60.3 Å². The molecule has 152 valence electrons. The average Bonchev–Trinajstić information content (AvgIpc) is 3.18. The summed E-state index contributed by atoms with van der Waals surface area (Å²) < 4.78 is 9.21. The lowest BCUT2D eigenvalue weighted by atomic mass is 10.3. The van der Waals surface area contributed by atoms with Crippen LogP contribution in [-0.4, -0.2) is 37.9 Å². The number of rotatable bonds is 6. The lowest BCUT2D eigenvalue weighted by Gasteiger charge is -2.08. The molecule has 0 aliphatic carbocycles. The Morgan fingerprint density at radius 1 is 1.17 bits per heavy atom. The van der Waals surface area contributed by atoms with Gasteiger partial charge in [-0.1, -0.05) is 33.8 Å². The first-order valence-electron chi connectivity index (χ1n) is 8.84. The van der Waals surface area contributed by atoms with Crippen LogP contribution in [0, 0.1) is 0 Å². The molecule has 10 heteroatoms. The molecule has 30 heavy (non-hydrogen) atoms. The number of benzene rings is 2. The molecule has 2 heterocycles. The highest BCUT2D eigenvalue weighted by molar-refractivity contribution is 9.10. The number of anilines is 1. The van der Waals surface area contributed by atoms with Crippen molar-refractivity contribution in [2.24, 2.45) is 0 Å². The summed E-state index contributed by atoms with van der Waals surface area (Å²) in [6, 6.07) is 14.5. The smallest absolute Gasteiger partial charge is 0.300 e. The quantitative estimate of drug-likeness (QED) is 0.421. The Hall–Kier alpha value is -3.11. The van der Waals surface area contributed by atoms with E-state index in [1.807, 2.05) is 12.1 Å². The van der Waals surface area contributed by atoms with Gasteiger partial charge in [-0.3, -0.25) is 18.6 Å². The molecule has 1 amide bonds. The maximum Gasteiger partial charge on any atom is 0.300 e. The van der Waals surface area contributed by atoms with Gasteiger partial charge in [-0.15, -0.1) is 10.2 Å². The highest BCUT2D eigenvalue weighted by Crippen LogP contribution is 2.19. The summed E-state index contributed by atoms with van der Waals surface area (Å²) in [6.07, 6.45) is 3.34. The van der Waals surface area contributed by atoms with E-state index in [-0.39, 0.29) is 22.9 Å². The van der Waals surface area contributed by atoms with Crippen molar-refractivity contribution >= 4 is 44.9 Å². The topological polar surface area (TPSA) is 90.5 Å². The summed E-state index contributed by atoms with van der Waals surface area (Å²) in [6.45, 7) is 0. The number of methoxy groups -OCH3 is 1. The Bertz CT molecular complexity index is 1270.